The second-order valence-corrected chi connectivity index (χ2v) is 9.38. The fourth-order valence-electron chi connectivity index (χ4n) is 3.63. The molecule has 0 bridgehead atoms. The molecule has 2 aliphatic carbocycles. The molecule has 0 saturated heterocycles. The minimum atomic E-state index is -0.731. The van der Waals surface area contributed by atoms with Gasteiger partial charge in [0.05, 0.1) is 0 Å². The highest BCUT2D eigenvalue weighted by molar-refractivity contribution is 14.0. The summed E-state index contributed by atoms with van der Waals surface area (Å²) in [5, 5.41) is 7.31. The summed E-state index contributed by atoms with van der Waals surface area (Å²) < 4.78 is 12.2. The van der Waals surface area contributed by atoms with E-state index in [2.05, 4.69) is 15.6 Å². The highest BCUT2D eigenvalue weighted by atomic mass is 127. The molecule has 0 aromatic rings. The first-order valence-electron chi connectivity index (χ1n) is 9.64. The van der Waals surface area contributed by atoms with Crippen molar-refractivity contribution >= 4 is 46.6 Å². The fourth-order valence-corrected chi connectivity index (χ4v) is 4.98. The number of rotatable bonds is 6. The Labute approximate surface area is 177 Å². The van der Waals surface area contributed by atoms with Gasteiger partial charge in [0.2, 0.25) is 5.91 Å². The predicted molar refractivity (Wildman–Crippen MR) is 120 cm³/mol. The first-order chi connectivity index (χ1) is 12.0. The maximum Gasteiger partial charge on any atom is 0.243 e. The molecule has 26 heavy (non-hydrogen) atoms. The zero-order chi connectivity index (χ0) is 18.2. The minimum Gasteiger partial charge on any atom is -0.354 e. The lowest BCUT2D eigenvalue weighted by Gasteiger charge is -2.31. The van der Waals surface area contributed by atoms with Crippen molar-refractivity contribution in [3.8, 4) is 0 Å². The van der Waals surface area contributed by atoms with Crippen molar-refractivity contribution in [3.63, 3.8) is 0 Å². The third kappa shape index (κ3) is 7.70. The quantitative estimate of drug-likeness (QED) is 0.335. The first-order valence-corrected chi connectivity index (χ1v) is 11.0. The maximum absolute atomic E-state index is 12.2. The highest BCUT2D eigenvalue weighted by Crippen LogP contribution is 2.23. The van der Waals surface area contributed by atoms with Gasteiger partial charge >= 0.3 is 0 Å². The van der Waals surface area contributed by atoms with Gasteiger partial charge < -0.3 is 15.5 Å². The van der Waals surface area contributed by atoms with Crippen LogP contribution in [0, 0.1) is 0 Å². The summed E-state index contributed by atoms with van der Waals surface area (Å²) in [7, 11) is 2.77. The van der Waals surface area contributed by atoms with Gasteiger partial charge in [0, 0.05) is 48.0 Å². The number of amides is 1. The van der Waals surface area contributed by atoms with Gasteiger partial charge in [-0.05, 0) is 32.1 Å². The lowest BCUT2D eigenvalue weighted by atomic mass is 9.95. The van der Waals surface area contributed by atoms with Gasteiger partial charge in [-0.15, -0.1) is 24.0 Å². The van der Waals surface area contributed by atoms with Crippen LogP contribution in [0.25, 0.3) is 0 Å². The van der Waals surface area contributed by atoms with Crippen LogP contribution in [0.5, 0.6) is 0 Å². The summed E-state index contributed by atoms with van der Waals surface area (Å²) >= 11 is 0. The Kier molecular flexibility index (Phi) is 11.1. The smallest absolute Gasteiger partial charge is 0.243 e. The molecule has 0 aromatic heterocycles. The summed E-state index contributed by atoms with van der Waals surface area (Å²) in [5.74, 6) is 1.48. The third-order valence-corrected chi connectivity index (χ3v) is 6.93. The average Bonchev–Trinajstić information content (AvgIpc) is 3.11. The van der Waals surface area contributed by atoms with Gasteiger partial charge in [0.25, 0.3) is 0 Å². The van der Waals surface area contributed by atoms with Crippen LogP contribution >= 0.6 is 24.0 Å². The lowest BCUT2D eigenvalue weighted by molar-refractivity contribution is -0.127. The number of nitrogens with one attached hydrogen (secondary N) is 2. The molecule has 2 saturated carbocycles. The SMILES string of the molecule is CCS(=O)C1CCCC(NC(=NCC(=O)N(C)C)NC2CCCC2)C1.I. The molecule has 2 rings (SSSR count). The number of guanidine groups is 1. The van der Waals surface area contributed by atoms with Crippen LogP contribution < -0.4 is 10.6 Å². The zero-order valence-electron chi connectivity index (χ0n) is 16.3. The second-order valence-electron chi connectivity index (χ2n) is 7.38. The number of likely N-dealkylation sites (N-methyl/N-ethyl adjacent to an activating group) is 1. The van der Waals surface area contributed by atoms with Gasteiger partial charge in [-0.1, -0.05) is 26.2 Å². The largest absolute Gasteiger partial charge is 0.354 e. The van der Waals surface area contributed by atoms with Crippen molar-refractivity contribution in [2.75, 3.05) is 26.4 Å². The van der Waals surface area contributed by atoms with Gasteiger partial charge in [-0.3, -0.25) is 9.00 Å². The topological polar surface area (TPSA) is 73.8 Å². The van der Waals surface area contributed by atoms with Gasteiger partial charge in [0.1, 0.15) is 6.54 Å². The van der Waals surface area contributed by atoms with Crippen LogP contribution in [-0.4, -0.2) is 64.7 Å². The average molecular weight is 498 g/mol. The second kappa shape index (κ2) is 12.2. The van der Waals surface area contributed by atoms with Crippen molar-refractivity contribution in [3.05, 3.63) is 0 Å². The third-order valence-electron chi connectivity index (χ3n) is 5.19. The number of aliphatic imine (C=N–C) groups is 1. The molecule has 2 N–H and O–H groups in total. The van der Waals surface area contributed by atoms with Crippen LogP contribution in [0.4, 0.5) is 0 Å². The minimum absolute atomic E-state index is 0. The first kappa shape index (κ1) is 23.7. The predicted octanol–water partition coefficient (Wildman–Crippen LogP) is 2.25. The molecule has 2 aliphatic rings. The van der Waals surface area contributed by atoms with Gasteiger partial charge in [-0.25, -0.2) is 4.99 Å². The number of hydrogen-bond acceptors (Lipinski definition) is 3. The van der Waals surface area contributed by atoms with E-state index in [0.29, 0.717) is 6.04 Å². The van der Waals surface area contributed by atoms with Gasteiger partial charge in [0.15, 0.2) is 5.96 Å². The molecular formula is C18H35IN4O2S. The molecule has 0 aromatic carbocycles. The van der Waals surface area contributed by atoms with Crippen LogP contribution in [-0.2, 0) is 15.6 Å². The molecule has 0 heterocycles. The highest BCUT2D eigenvalue weighted by Gasteiger charge is 2.27. The van der Waals surface area contributed by atoms with E-state index in [-0.39, 0.29) is 47.7 Å². The lowest BCUT2D eigenvalue weighted by Crippen LogP contribution is -2.49. The maximum atomic E-state index is 12.2. The Morgan fingerprint density at radius 1 is 1.08 bits per heavy atom. The van der Waals surface area contributed by atoms with Crippen LogP contribution in [0.2, 0.25) is 0 Å². The zero-order valence-corrected chi connectivity index (χ0v) is 19.5. The van der Waals surface area contributed by atoms with E-state index in [1.54, 1.807) is 19.0 Å². The van der Waals surface area contributed by atoms with E-state index in [1.807, 2.05) is 6.92 Å². The Morgan fingerprint density at radius 3 is 2.31 bits per heavy atom. The molecule has 3 atom stereocenters. The number of carbonyl (C=O) groups is 1. The molecule has 8 heteroatoms. The summed E-state index contributed by atoms with van der Waals surface area (Å²) in [5.41, 5.74) is 0. The Morgan fingerprint density at radius 2 is 1.69 bits per heavy atom. The van der Waals surface area contributed by atoms with Gasteiger partial charge in [-0.2, -0.15) is 0 Å². The molecule has 0 aliphatic heterocycles. The van der Waals surface area contributed by atoms with E-state index in [9.17, 15) is 9.00 Å². The molecule has 0 radical (unpaired) electrons. The number of nitrogens with zero attached hydrogens (tertiary/aromatic N) is 2. The van der Waals surface area contributed by atoms with Crippen LogP contribution in [0.1, 0.15) is 58.3 Å². The normalized spacial score (nSPS) is 25.3. The van der Waals surface area contributed by atoms with E-state index in [0.717, 1.165) is 50.2 Å². The molecule has 1 amide bonds. The number of carbonyl (C=O) groups excluding carboxylic acids is 1. The van der Waals surface area contributed by atoms with E-state index in [1.165, 1.54) is 12.8 Å². The molecule has 3 unspecified atom stereocenters. The Balaban J connectivity index is 0.00000338. The van der Waals surface area contributed by atoms with Crippen molar-refractivity contribution in [1.82, 2.24) is 15.5 Å². The van der Waals surface area contributed by atoms with Crippen LogP contribution in [0.3, 0.4) is 0 Å². The standard InChI is InChI=1S/C18H34N4O2S.HI/c1-4-25(24)16-11-7-10-15(12-16)21-18(19-13-17(23)22(2)3)20-14-8-5-6-9-14;/h14-16H,4-13H2,1-3H3,(H2,19,20,21);1H. The van der Waals surface area contributed by atoms with E-state index in [4.69, 9.17) is 0 Å². The monoisotopic (exact) mass is 498 g/mol. The summed E-state index contributed by atoms with van der Waals surface area (Å²) in [6.07, 6.45) is 8.98. The fraction of sp³-hybridized carbons (Fsp3) is 0.889. The molecular weight excluding hydrogens is 463 g/mol. The van der Waals surface area contributed by atoms with Crippen LogP contribution in [0.15, 0.2) is 4.99 Å². The van der Waals surface area contributed by atoms with E-state index < -0.39 is 10.8 Å². The number of halogens is 1. The van der Waals surface area contributed by atoms with Crippen molar-refractivity contribution in [2.24, 2.45) is 4.99 Å². The summed E-state index contributed by atoms with van der Waals surface area (Å²) in [6.45, 7) is 2.15. The van der Waals surface area contributed by atoms with Crippen molar-refractivity contribution in [2.45, 2.75) is 75.6 Å². The Hall–Kier alpha value is -0.380. The Bertz CT molecular complexity index is 496. The summed E-state index contributed by atoms with van der Waals surface area (Å²) in [4.78, 5) is 18.0. The number of hydrogen-bond donors (Lipinski definition) is 2. The van der Waals surface area contributed by atoms with Crippen molar-refractivity contribution in [1.29, 1.82) is 0 Å². The van der Waals surface area contributed by atoms with E-state index >= 15 is 0 Å². The van der Waals surface area contributed by atoms with Crippen molar-refractivity contribution < 1.29 is 9.00 Å². The summed E-state index contributed by atoms with van der Waals surface area (Å²) in [6, 6.07) is 0.737. The molecule has 152 valence electrons. The molecule has 6 nitrogen and oxygen atoms in total. The molecule has 2 fully saturated rings. The molecule has 0 spiro atoms.